The van der Waals surface area contributed by atoms with E-state index in [9.17, 15) is 22.4 Å². The molecule has 1 aromatic carbocycles. The maximum Gasteiger partial charge on any atom is 0.419 e. The van der Waals surface area contributed by atoms with Crippen LogP contribution in [0.3, 0.4) is 0 Å². The van der Waals surface area contributed by atoms with Gasteiger partial charge < -0.3 is 5.11 Å². The number of carboxylic acid groups (broad SMARTS) is 1. The van der Waals surface area contributed by atoms with Gasteiger partial charge in [-0.25, -0.2) is 4.39 Å². The minimum Gasteiger partial charge on any atom is -0.481 e. The van der Waals surface area contributed by atoms with E-state index >= 15 is 0 Å². The first kappa shape index (κ1) is 12.9. The first-order valence-corrected chi connectivity index (χ1v) is 5.38. The molecule has 0 bridgehead atoms. The van der Waals surface area contributed by atoms with Gasteiger partial charge in [0.1, 0.15) is 5.82 Å². The van der Waals surface area contributed by atoms with Crippen molar-refractivity contribution in [1.82, 2.24) is 0 Å². The molecule has 0 aliphatic heterocycles. The molecule has 0 saturated heterocycles. The summed E-state index contributed by atoms with van der Waals surface area (Å²) in [6.45, 7) is 0. The standard InChI is InChI=1S/C12H10F4O2/c13-9-3-2-7(6-8(9)12(14,15)16)11(10(17)18)4-1-5-11/h2-3,6H,1,4-5H2,(H,17,18). The highest BCUT2D eigenvalue weighted by molar-refractivity contribution is 5.82. The second-order valence-corrected chi connectivity index (χ2v) is 4.43. The number of benzene rings is 1. The van der Waals surface area contributed by atoms with Gasteiger partial charge in [0, 0.05) is 0 Å². The van der Waals surface area contributed by atoms with Crippen LogP contribution in [0.4, 0.5) is 17.6 Å². The van der Waals surface area contributed by atoms with E-state index in [0.29, 0.717) is 18.6 Å². The van der Waals surface area contributed by atoms with Gasteiger partial charge >= 0.3 is 12.1 Å². The van der Waals surface area contributed by atoms with Crippen molar-refractivity contribution in [2.75, 3.05) is 0 Å². The van der Waals surface area contributed by atoms with Gasteiger partial charge in [-0.3, -0.25) is 4.79 Å². The predicted molar refractivity (Wildman–Crippen MR) is 54.6 cm³/mol. The van der Waals surface area contributed by atoms with Crippen LogP contribution in [0.5, 0.6) is 0 Å². The highest BCUT2D eigenvalue weighted by Gasteiger charge is 2.47. The molecule has 1 fully saturated rings. The Labute approximate surface area is 100 Å². The lowest BCUT2D eigenvalue weighted by Crippen LogP contribution is -2.42. The largest absolute Gasteiger partial charge is 0.481 e. The molecule has 1 N–H and O–H groups in total. The lowest BCUT2D eigenvalue weighted by Gasteiger charge is -2.38. The molecule has 18 heavy (non-hydrogen) atoms. The average molecular weight is 262 g/mol. The Morgan fingerprint density at radius 3 is 2.28 bits per heavy atom. The summed E-state index contributed by atoms with van der Waals surface area (Å²) in [5, 5.41) is 9.13. The molecule has 0 atom stereocenters. The van der Waals surface area contributed by atoms with Gasteiger partial charge in [-0.1, -0.05) is 12.5 Å². The van der Waals surface area contributed by atoms with E-state index < -0.39 is 28.9 Å². The van der Waals surface area contributed by atoms with Gasteiger partial charge in [-0.2, -0.15) is 13.2 Å². The van der Waals surface area contributed by atoms with Crippen LogP contribution in [0, 0.1) is 5.82 Å². The van der Waals surface area contributed by atoms with Crippen LogP contribution in [0.1, 0.15) is 30.4 Å². The topological polar surface area (TPSA) is 37.3 Å². The molecule has 1 aliphatic rings. The van der Waals surface area contributed by atoms with E-state index in [0.717, 1.165) is 6.07 Å². The maximum atomic E-state index is 13.1. The monoisotopic (exact) mass is 262 g/mol. The fourth-order valence-electron chi connectivity index (χ4n) is 2.20. The van der Waals surface area contributed by atoms with Crippen molar-refractivity contribution in [3.63, 3.8) is 0 Å². The van der Waals surface area contributed by atoms with E-state index in [2.05, 4.69) is 0 Å². The lowest BCUT2D eigenvalue weighted by molar-refractivity contribution is -0.148. The Balaban J connectivity index is 2.51. The smallest absolute Gasteiger partial charge is 0.419 e. The summed E-state index contributed by atoms with van der Waals surface area (Å²) in [7, 11) is 0. The van der Waals surface area contributed by atoms with E-state index in [-0.39, 0.29) is 18.4 Å². The third-order valence-corrected chi connectivity index (χ3v) is 3.44. The van der Waals surface area contributed by atoms with Crippen molar-refractivity contribution in [3.8, 4) is 0 Å². The Kier molecular flexibility index (Phi) is 2.83. The molecule has 98 valence electrons. The van der Waals surface area contributed by atoms with E-state index in [1.807, 2.05) is 0 Å². The van der Waals surface area contributed by atoms with Crippen molar-refractivity contribution in [3.05, 3.63) is 35.1 Å². The van der Waals surface area contributed by atoms with Gasteiger partial charge in [0.25, 0.3) is 0 Å². The third-order valence-electron chi connectivity index (χ3n) is 3.44. The Hall–Kier alpha value is -1.59. The summed E-state index contributed by atoms with van der Waals surface area (Å²) in [4.78, 5) is 11.2. The minimum atomic E-state index is -4.82. The van der Waals surface area contributed by atoms with Crippen LogP contribution in [0.25, 0.3) is 0 Å². The number of carboxylic acids is 1. The highest BCUT2D eigenvalue weighted by atomic mass is 19.4. The van der Waals surface area contributed by atoms with Crippen LogP contribution >= 0.6 is 0 Å². The second kappa shape index (κ2) is 3.96. The van der Waals surface area contributed by atoms with E-state index in [1.165, 1.54) is 0 Å². The molecule has 2 nitrogen and oxygen atoms in total. The maximum absolute atomic E-state index is 13.1. The first-order valence-electron chi connectivity index (χ1n) is 5.38. The van der Waals surface area contributed by atoms with Crippen LogP contribution in [-0.4, -0.2) is 11.1 Å². The first-order chi connectivity index (χ1) is 8.27. The third kappa shape index (κ3) is 1.85. The molecular formula is C12H10F4O2. The molecule has 1 aromatic rings. The number of hydrogen-bond donors (Lipinski definition) is 1. The predicted octanol–water partition coefficient (Wildman–Crippen LogP) is 3.35. The van der Waals surface area contributed by atoms with Crippen LogP contribution in [-0.2, 0) is 16.4 Å². The number of carbonyl (C=O) groups is 1. The molecule has 0 spiro atoms. The van der Waals surface area contributed by atoms with Gasteiger partial charge in [0.05, 0.1) is 11.0 Å². The lowest BCUT2D eigenvalue weighted by atomic mass is 9.64. The van der Waals surface area contributed by atoms with Gasteiger partial charge in [-0.05, 0) is 30.5 Å². The Bertz CT molecular complexity index is 489. The van der Waals surface area contributed by atoms with Gasteiger partial charge in [-0.15, -0.1) is 0 Å². The molecule has 0 heterocycles. The molecule has 1 saturated carbocycles. The quantitative estimate of drug-likeness (QED) is 0.830. The molecule has 0 unspecified atom stereocenters. The Morgan fingerprint density at radius 2 is 1.89 bits per heavy atom. The fourth-order valence-corrected chi connectivity index (χ4v) is 2.20. The zero-order valence-electron chi connectivity index (χ0n) is 9.22. The number of alkyl halides is 3. The molecule has 2 rings (SSSR count). The molecule has 0 radical (unpaired) electrons. The zero-order valence-corrected chi connectivity index (χ0v) is 9.22. The minimum absolute atomic E-state index is 0.0231. The molecular weight excluding hydrogens is 252 g/mol. The number of halogens is 4. The SMILES string of the molecule is O=C(O)C1(c2ccc(F)c(C(F)(F)F)c2)CCC1. The summed E-state index contributed by atoms with van der Waals surface area (Å²) < 4.78 is 50.8. The summed E-state index contributed by atoms with van der Waals surface area (Å²) in [6.07, 6.45) is -3.61. The van der Waals surface area contributed by atoms with Crippen LogP contribution in [0.15, 0.2) is 18.2 Å². The number of hydrogen-bond acceptors (Lipinski definition) is 1. The summed E-state index contributed by atoms with van der Waals surface area (Å²) in [5.74, 6) is -2.54. The van der Waals surface area contributed by atoms with Crippen LogP contribution in [0.2, 0.25) is 0 Å². The van der Waals surface area contributed by atoms with Crippen molar-refractivity contribution >= 4 is 5.97 Å². The van der Waals surface area contributed by atoms with Crippen molar-refractivity contribution in [1.29, 1.82) is 0 Å². The van der Waals surface area contributed by atoms with Crippen molar-refractivity contribution in [2.24, 2.45) is 0 Å². The van der Waals surface area contributed by atoms with Gasteiger partial charge in [0.2, 0.25) is 0 Å². The van der Waals surface area contributed by atoms with Gasteiger partial charge in [0.15, 0.2) is 0 Å². The highest BCUT2D eigenvalue weighted by Crippen LogP contribution is 2.45. The number of rotatable bonds is 2. The Morgan fingerprint density at radius 1 is 1.28 bits per heavy atom. The summed E-state index contributed by atoms with van der Waals surface area (Å²) in [5.41, 5.74) is -2.67. The van der Waals surface area contributed by atoms with Crippen molar-refractivity contribution < 1.29 is 27.5 Å². The average Bonchev–Trinajstić information content (AvgIpc) is 2.16. The molecule has 0 amide bonds. The molecule has 0 aromatic heterocycles. The zero-order chi connectivity index (χ0) is 13.6. The van der Waals surface area contributed by atoms with Crippen LogP contribution < -0.4 is 0 Å². The summed E-state index contributed by atoms with van der Waals surface area (Å²) >= 11 is 0. The molecule has 1 aliphatic carbocycles. The normalized spacial score (nSPS) is 18.2. The summed E-state index contributed by atoms with van der Waals surface area (Å²) in [6, 6.07) is 2.42. The second-order valence-electron chi connectivity index (χ2n) is 4.43. The number of aliphatic carboxylic acids is 1. The fraction of sp³-hybridized carbons (Fsp3) is 0.417. The molecule has 6 heteroatoms. The van der Waals surface area contributed by atoms with E-state index in [4.69, 9.17) is 5.11 Å². The van der Waals surface area contributed by atoms with E-state index in [1.54, 1.807) is 0 Å². The van der Waals surface area contributed by atoms with Crippen molar-refractivity contribution in [2.45, 2.75) is 30.9 Å².